The highest BCUT2D eigenvalue weighted by molar-refractivity contribution is 5.91. The van der Waals surface area contributed by atoms with Crippen molar-refractivity contribution in [3.63, 3.8) is 0 Å². The number of hydrogen-bond acceptors (Lipinski definition) is 4. The zero-order valence-electron chi connectivity index (χ0n) is 38.7. The van der Waals surface area contributed by atoms with Gasteiger partial charge in [0.1, 0.15) is 11.6 Å². The van der Waals surface area contributed by atoms with Gasteiger partial charge in [-0.05, 0) is 92.3 Å². The lowest BCUT2D eigenvalue weighted by atomic mass is 9.30. The summed E-state index contributed by atoms with van der Waals surface area (Å²) >= 11 is 0. The molecular formula is C66H46N4. The molecule has 10 aromatic rings. The Hall–Kier alpha value is -8.60. The predicted molar refractivity (Wildman–Crippen MR) is 282 cm³/mol. The van der Waals surface area contributed by atoms with Gasteiger partial charge in [-0.25, -0.2) is 19.9 Å². The molecule has 4 heteroatoms. The van der Waals surface area contributed by atoms with Gasteiger partial charge >= 0.3 is 0 Å². The molecule has 0 bridgehead atoms. The van der Waals surface area contributed by atoms with Crippen LogP contribution in [0, 0.1) is 5.92 Å². The van der Waals surface area contributed by atoms with Crippen LogP contribution in [0.4, 0.5) is 0 Å². The van der Waals surface area contributed by atoms with E-state index in [1.807, 2.05) is 0 Å². The molecule has 0 saturated carbocycles. The first-order valence-corrected chi connectivity index (χ1v) is 24.4. The van der Waals surface area contributed by atoms with Crippen LogP contribution in [-0.2, 0) is 16.2 Å². The zero-order chi connectivity index (χ0) is 46.4. The van der Waals surface area contributed by atoms with Crippen LogP contribution < -0.4 is 0 Å². The van der Waals surface area contributed by atoms with Crippen molar-refractivity contribution < 1.29 is 0 Å². The topological polar surface area (TPSA) is 51.6 Å². The highest BCUT2D eigenvalue weighted by atomic mass is 15.0. The normalized spacial score (nSPS) is 21.1. The first-order valence-electron chi connectivity index (χ1n) is 24.4. The molecule has 14 rings (SSSR count). The van der Waals surface area contributed by atoms with Gasteiger partial charge in [-0.2, -0.15) is 0 Å². The molecule has 0 amide bonds. The van der Waals surface area contributed by atoms with Gasteiger partial charge in [0, 0.05) is 22.3 Å². The molecule has 0 radical (unpaired) electrons. The Kier molecular flexibility index (Phi) is 8.94. The SMILES string of the molecule is CC1C=CC2=C(C1)C1(c3nc(-c4ccccc4)cc(-c4cccc(-c5ccccc5)c4)n3)c3ccccc3C3(c4nc(-c5ccccc5)cc(-c5cccc(-c6ccccc6)c5)n4)c4ccccc4C213. The van der Waals surface area contributed by atoms with E-state index in [0.717, 1.165) is 79.8 Å². The van der Waals surface area contributed by atoms with Crippen molar-refractivity contribution in [3.05, 3.63) is 288 Å². The number of aromatic nitrogens is 4. The molecule has 4 unspecified atom stereocenters. The summed E-state index contributed by atoms with van der Waals surface area (Å²) in [7, 11) is 0. The molecule has 1 spiro atoms. The minimum atomic E-state index is -0.806. The second-order valence-corrected chi connectivity index (χ2v) is 19.3. The van der Waals surface area contributed by atoms with Crippen LogP contribution in [0.2, 0.25) is 0 Å². The van der Waals surface area contributed by atoms with E-state index in [-0.39, 0.29) is 0 Å². The molecule has 330 valence electrons. The third-order valence-corrected chi connectivity index (χ3v) is 15.7. The highest BCUT2D eigenvalue weighted by Gasteiger charge is 2.87. The van der Waals surface area contributed by atoms with Crippen molar-refractivity contribution in [1.29, 1.82) is 0 Å². The van der Waals surface area contributed by atoms with E-state index in [0.29, 0.717) is 5.92 Å². The second-order valence-electron chi connectivity index (χ2n) is 19.3. The van der Waals surface area contributed by atoms with Crippen LogP contribution in [-0.4, -0.2) is 19.9 Å². The molecule has 0 aliphatic heterocycles. The standard InChI is InChI=1S/C66H46N4/c1-43-36-37-56-57(38-43)65(63-68-59(47-26-12-5-13-27-47)42-61(70-63)51-31-19-29-49(40-51)45-22-8-3-9-23-45)53-33-15-14-32-52(53)64(54-34-16-17-35-55(54)66(56,64)65)62-67-58(46-24-10-4-11-25-46)41-60(69-62)50-30-18-28-48(39-50)44-20-6-2-7-21-44/h2-37,39-43H,38H2,1H3. The minimum Gasteiger partial charge on any atom is -0.231 e. The van der Waals surface area contributed by atoms with Crippen LogP contribution in [0.1, 0.15) is 47.2 Å². The second kappa shape index (κ2) is 15.5. The quantitative estimate of drug-likeness (QED) is 0.152. The molecule has 0 N–H and O–H groups in total. The molecule has 70 heavy (non-hydrogen) atoms. The van der Waals surface area contributed by atoms with Gasteiger partial charge in [0.2, 0.25) is 0 Å². The lowest BCUT2D eigenvalue weighted by Crippen LogP contribution is -2.72. The average molecular weight is 895 g/mol. The van der Waals surface area contributed by atoms with Gasteiger partial charge in [0.15, 0.2) is 0 Å². The van der Waals surface area contributed by atoms with Crippen LogP contribution in [0.5, 0.6) is 0 Å². The fraction of sp³-hybridized carbons (Fsp3) is 0.0909. The summed E-state index contributed by atoms with van der Waals surface area (Å²) in [5, 5.41) is 0. The van der Waals surface area contributed by atoms with Crippen molar-refractivity contribution in [2.24, 2.45) is 5.92 Å². The van der Waals surface area contributed by atoms with Gasteiger partial charge in [-0.15, -0.1) is 0 Å². The Morgan fingerprint density at radius 2 is 0.700 bits per heavy atom. The molecule has 4 nitrogen and oxygen atoms in total. The Morgan fingerprint density at radius 3 is 1.19 bits per heavy atom. The summed E-state index contributed by atoms with van der Waals surface area (Å²) in [5.74, 6) is 1.93. The molecule has 0 saturated heterocycles. The van der Waals surface area contributed by atoms with Crippen LogP contribution in [0.25, 0.3) is 67.3 Å². The lowest BCUT2D eigenvalue weighted by molar-refractivity contribution is 0.172. The van der Waals surface area contributed by atoms with Crippen LogP contribution in [0.3, 0.4) is 0 Å². The number of hydrogen-bond donors (Lipinski definition) is 0. The molecule has 0 fully saturated rings. The average Bonchev–Trinajstić information content (AvgIpc) is 3.61. The number of allylic oxidation sites excluding steroid dienone is 4. The molecule has 4 aliphatic carbocycles. The van der Waals surface area contributed by atoms with Gasteiger partial charge in [0.05, 0.1) is 39.0 Å². The Labute approximate surface area is 408 Å². The number of benzene rings is 8. The van der Waals surface area contributed by atoms with Gasteiger partial charge in [0.25, 0.3) is 0 Å². The van der Waals surface area contributed by atoms with E-state index < -0.39 is 16.2 Å². The smallest absolute Gasteiger partial charge is 0.145 e. The Bertz CT molecular complexity index is 3770. The summed E-state index contributed by atoms with van der Waals surface area (Å²) in [4.78, 5) is 23.5. The Balaban J connectivity index is 1.08. The first kappa shape index (κ1) is 40.5. The van der Waals surface area contributed by atoms with Crippen molar-refractivity contribution in [3.8, 4) is 67.3 Å². The van der Waals surface area contributed by atoms with Crippen molar-refractivity contribution in [2.45, 2.75) is 29.6 Å². The summed E-state index contributed by atoms with van der Waals surface area (Å²) in [6.07, 6.45) is 5.74. The maximum Gasteiger partial charge on any atom is 0.145 e. The summed E-state index contributed by atoms with van der Waals surface area (Å²) < 4.78 is 0. The molecule has 2 aromatic heterocycles. The van der Waals surface area contributed by atoms with E-state index >= 15 is 0 Å². The third-order valence-electron chi connectivity index (χ3n) is 15.7. The molecule has 8 aromatic carbocycles. The van der Waals surface area contributed by atoms with Gasteiger partial charge < -0.3 is 0 Å². The summed E-state index contributed by atoms with van der Waals surface area (Å²) in [6.45, 7) is 2.34. The number of fused-ring (bicyclic) bond motifs is 6. The monoisotopic (exact) mass is 894 g/mol. The van der Waals surface area contributed by atoms with Crippen molar-refractivity contribution in [1.82, 2.24) is 19.9 Å². The highest BCUT2D eigenvalue weighted by Crippen LogP contribution is 2.85. The molecular weight excluding hydrogens is 849 g/mol. The predicted octanol–water partition coefficient (Wildman–Crippen LogP) is 15.1. The maximum atomic E-state index is 5.90. The van der Waals surface area contributed by atoms with E-state index in [2.05, 4.69) is 250 Å². The largest absolute Gasteiger partial charge is 0.231 e. The maximum absolute atomic E-state index is 5.90. The van der Waals surface area contributed by atoms with Crippen molar-refractivity contribution in [2.75, 3.05) is 0 Å². The first-order chi connectivity index (χ1) is 34.6. The van der Waals surface area contributed by atoms with Crippen molar-refractivity contribution >= 4 is 0 Å². The van der Waals surface area contributed by atoms with Gasteiger partial charge in [-0.1, -0.05) is 225 Å². The van der Waals surface area contributed by atoms with Crippen LogP contribution >= 0.6 is 0 Å². The molecule has 4 aliphatic rings. The number of rotatable bonds is 8. The zero-order valence-corrected chi connectivity index (χ0v) is 38.7. The third kappa shape index (κ3) is 5.47. The molecule has 4 atom stereocenters. The Morgan fingerprint density at radius 1 is 0.343 bits per heavy atom. The molecule has 2 heterocycles. The number of nitrogens with zero attached hydrogens (tertiary/aromatic N) is 4. The summed E-state index contributed by atoms with van der Waals surface area (Å²) in [5.41, 5.74) is 17.8. The minimum absolute atomic E-state index is 0.325. The van der Waals surface area contributed by atoms with E-state index in [1.165, 1.54) is 39.0 Å². The summed E-state index contributed by atoms with van der Waals surface area (Å²) in [6, 6.07) is 82.7. The van der Waals surface area contributed by atoms with E-state index in [9.17, 15) is 0 Å². The fourth-order valence-corrected chi connectivity index (χ4v) is 12.9. The van der Waals surface area contributed by atoms with E-state index in [1.54, 1.807) is 0 Å². The van der Waals surface area contributed by atoms with E-state index in [4.69, 9.17) is 19.9 Å². The van der Waals surface area contributed by atoms with Gasteiger partial charge in [-0.3, -0.25) is 0 Å². The lowest BCUT2D eigenvalue weighted by Gasteiger charge is -2.69. The fourth-order valence-electron chi connectivity index (χ4n) is 12.9. The van der Waals surface area contributed by atoms with Crippen LogP contribution in [0.15, 0.2) is 254 Å².